The molecule has 0 amide bonds. The molecular formula is C13H17N3. The van der Waals surface area contributed by atoms with Gasteiger partial charge in [-0.15, -0.1) is 0 Å². The summed E-state index contributed by atoms with van der Waals surface area (Å²) in [5.74, 6) is 1.03. The zero-order valence-electron chi connectivity index (χ0n) is 9.74. The minimum Gasteiger partial charge on any atom is -0.355 e. The van der Waals surface area contributed by atoms with E-state index in [1.165, 1.54) is 25.7 Å². The van der Waals surface area contributed by atoms with Crippen molar-refractivity contribution in [3.63, 3.8) is 0 Å². The Bertz CT molecular complexity index is 403. The summed E-state index contributed by atoms with van der Waals surface area (Å²) in [7, 11) is 0. The van der Waals surface area contributed by atoms with Gasteiger partial charge in [-0.25, -0.2) is 4.98 Å². The van der Waals surface area contributed by atoms with E-state index >= 15 is 0 Å². The zero-order valence-corrected chi connectivity index (χ0v) is 9.74. The highest BCUT2D eigenvalue weighted by molar-refractivity contribution is 5.39. The molecule has 1 saturated carbocycles. The Morgan fingerprint density at radius 3 is 2.19 bits per heavy atom. The molecule has 0 bridgehead atoms. The minimum atomic E-state index is 0.988. The standard InChI is InChI=1S/C13H17N3/c1-10-8-15-13(9-14-10)16-6-4-12(5-7-16)11-2-3-11/h8-9H,2-7H2,1H3. The molecule has 0 spiro atoms. The number of rotatable bonds is 1. The lowest BCUT2D eigenvalue weighted by Gasteiger charge is -2.29. The van der Waals surface area contributed by atoms with Gasteiger partial charge in [-0.2, -0.15) is 0 Å². The van der Waals surface area contributed by atoms with Gasteiger partial charge in [-0.1, -0.05) is 11.1 Å². The Hall–Kier alpha value is -1.38. The van der Waals surface area contributed by atoms with Crippen molar-refractivity contribution in [1.29, 1.82) is 0 Å². The van der Waals surface area contributed by atoms with E-state index in [1.54, 1.807) is 11.1 Å². The van der Waals surface area contributed by atoms with E-state index in [0.717, 1.165) is 24.6 Å². The maximum Gasteiger partial charge on any atom is 0.147 e. The molecule has 0 aromatic carbocycles. The average Bonchev–Trinajstić information content (AvgIpc) is 3.14. The first-order chi connectivity index (χ1) is 7.83. The van der Waals surface area contributed by atoms with E-state index in [1.807, 2.05) is 19.3 Å². The van der Waals surface area contributed by atoms with Gasteiger partial charge in [0.2, 0.25) is 0 Å². The van der Waals surface area contributed by atoms with Gasteiger partial charge in [-0.3, -0.25) is 4.98 Å². The highest BCUT2D eigenvalue weighted by atomic mass is 15.2. The molecule has 3 nitrogen and oxygen atoms in total. The molecule has 0 radical (unpaired) electrons. The van der Waals surface area contributed by atoms with Crippen molar-refractivity contribution in [2.75, 3.05) is 18.0 Å². The highest BCUT2D eigenvalue weighted by Gasteiger charge is 2.22. The van der Waals surface area contributed by atoms with Crippen LogP contribution in [0, 0.1) is 6.92 Å². The number of anilines is 1. The number of aromatic nitrogens is 2. The molecule has 0 atom stereocenters. The highest BCUT2D eigenvalue weighted by Crippen LogP contribution is 2.36. The van der Waals surface area contributed by atoms with Crippen LogP contribution < -0.4 is 4.90 Å². The first-order valence-corrected chi connectivity index (χ1v) is 6.06. The Morgan fingerprint density at radius 2 is 1.62 bits per heavy atom. The molecule has 1 aromatic heterocycles. The molecule has 1 aliphatic carbocycles. The van der Waals surface area contributed by atoms with Crippen molar-refractivity contribution in [1.82, 2.24) is 9.97 Å². The Morgan fingerprint density at radius 1 is 0.938 bits per heavy atom. The number of nitrogens with zero attached hydrogens (tertiary/aromatic N) is 3. The van der Waals surface area contributed by atoms with Crippen molar-refractivity contribution in [3.05, 3.63) is 29.2 Å². The lowest BCUT2D eigenvalue weighted by atomic mass is 10.0. The second-order valence-electron chi connectivity index (χ2n) is 4.71. The van der Waals surface area contributed by atoms with E-state index in [9.17, 15) is 0 Å². The van der Waals surface area contributed by atoms with Crippen molar-refractivity contribution in [2.24, 2.45) is 0 Å². The zero-order chi connectivity index (χ0) is 11.0. The quantitative estimate of drug-likeness (QED) is 0.674. The second kappa shape index (κ2) is 3.89. The van der Waals surface area contributed by atoms with Crippen LogP contribution in [0.25, 0.3) is 0 Å². The van der Waals surface area contributed by atoms with Gasteiger partial charge < -0.3 is 4.90 Å². The van der Waals surface area contributed by atoms with Crippen LogP contribution in [0.5, 0.6) is 0 Å². The molecular weight excluding hydrogens is 198 g/mol. The topological polar surface area (TPSA) is 29.0 Å². The predicted octanol–water partition coefficient (Wildman–Crippen LogP) is 2.48. The lowest BCUT2D eigenvalue weighted by molar-refractivity contribution is 0.672. The van der Waals surface area contributed by atoms with Gasteiger partial charge in [-0.05, 0) is 32.6 Å². The molecule has 3 heteroatoms. The first-order valence-electron chi connectivity index (χ1n) is 6.06. The summed E-state index contributed by atoms with van der Waals surface area (Å²) in [5, 5.41) is 0. The normalized spacial score (nSPS) is 20.2. The molecule has 0 N–H and O–H groups in total. The number of hydrogen-bond acceptors (Lipinski definition) is 3. The molecule has 2 fully saturated rings. The van der Waals surface area contributed by atoms with Crippen LogP contribution in [0.15, 0.2) is 23.5 Å². The average molecular weight is 215 g/mol. The summed E-state index contributed by atoms with van der Waals surface area (Å²) >= 11 is 0. The maximum absolute atomic E-state index is 4.43. The minimum absolute atomic E-state index is 0.988. The largest absolute Gasteiger partial charge is 0.355 e. The fourth-order valence-electron chi connectivity index (χ4n) is 2.32. The third-order valence-corrected chi connectivity index (χ3v) is 3.46. The fraction of sp³-hybridized carbons (Fsp3) is 0.538. The van der Waals surface area contributed by atoms with Gasteiger partial charge in [0.15, 0.2) is 0 Å². The van der Waals surface area contributed by atoms with Gasteiger partial charge in [0.05, 0.1) is 18.1 Å². The Labute approximate surface area is 96.2 Å². The monoisotopic (exact) mass is 215 g/mol. The van der Waals surface area contributed by atoms with Gasteiger partial charge in [0, 0.05) is 13.1 Å². The van der Waals surface area contributed by atoms with Crippen molar-refractivity contribution in [2.45, 2.75) is 32.6 Å². The van der Waals surface area contributed by atoms with Gasteiger partial charge in [0.25, 0.3) is 0 Å². The summed E-state index contributed by atoms with van der Waals surface area (Å²) in [5.41, 5.74) is 4.44. The second-order valence-corrected chi connectivity index (χ2v) is 4.71. The summed E-state index contributed by atoms with van der Waals surface area (Å²) in [6.07, 6.45) is 8.92. The van der Waals surface area contributed by atoms with Crippen LogP contribution >= 0.6 is 0 Å². The maximum atomic E-state index is 4.43. The van der Waals surface area contributed by atoms with Crippen LogP contribution in [0.1, 0.15) is 31.4 Å². The molecule has 16 heavy (non-hydrogen) atoms. The molecule has 2 aliphatic rings. The van der Waals surface area contributed by atoms with Crippen LogP contribution in [-0.2, 0) is 0 Å². The Kier molecular flexibility index (Phi) is 2.39. The number of aryl methyl sites for hydroxylation is 1. The van der Waals surface area contributed by atoms with Gasteiger partial charge >= 0.3 is 0 Å². The molecule has 2 heterocycles. The molecule has 3 rings (SSSR count). The van der Waals surface area contributed by atoms with Crippen LogP contribution in [0.4, 0.5) is 5.82 Å². The van der Waals surface area contributed by atoms with Crippen molar-refractivity contribution < 1.29 is 0 Å². The van der Waals surface area contributed by atoms with E-state index < -0.39 is 0 Å². The summed E-state index contributed by atoms with van der Waals surface area (Å²) in [6.45, 7) is 4.19. The molecule has 84 valence electrons. The molecule has 1 saturated heterocycles. The third-order valence-electron chi connectivity index (χ3n) is 3.46. The summed E-state index contributed by atoms with van der Waals surface area (Å²) in [6, 6.07) is 0. The Balaban J connectivity index is 1.69. The number of piperidine rings is 1. The van der Waals surface area contributed by atoms with Crippen LogP contribution in [0.2, 0.25) is 0 Å². The van der Waals surface area contributed by atoms with Crippen molar-refractivity contribution in [3.8, 4) is 0 Å². The van der Waals surface area contributed by atoms with E-state index in [-0.39, 0.29) is 0 Å². The van der Waals surface area contributed by atoms with Crippen LogP contribution in [0.3, 0.4) is 0 Å². The SMILES string of the molecule is Cc1cnc(N2CCC(=C3CC3)CC2)cn1. The summed E-state index contributed by atoms with van der Waals surface area (Å²) < 4.78 is 0. The fourth-order valence-corrected chi connectivity index (χ4v) is 2.32. The number of hydrogen-bond donors (Lipinski definition) is 0. The van der Waals surface area contributed by atoms with E-state index in [4.69, 9.17) is 0 Å². The summed E-state index contributed by atoms with van der Waals surface area (Å²) in [4.78, 5) is 11.1. The lowest BCUT2D eigenvalue weighted by Crippen LogP contribution is -2.31. The number of allylic oxidation sites excluding steroid dienone is 1. The predicted molar refractivity (Wildman–Crippen MR) is 64.5 cm³/mol. The molecule has 1 aliphatic heterocycles. The third kappa shape index (κ3) is 1.94. The van der Waals surface area contributed by atoms with E-state index in [2.05, 4.69) is 14.9 Å². The van der Waals surface area contributed by atoms with Crippen molar-refractivity contribution >= 4 is 5.82 Å². The van der Waals surface area contributed by atoms with Gasteiger partial charge in [0.1, 0.15) is 5.82 Å². The van der Waals surface area contributed by atoms with Crippen LogP contribution in [-0.4, -0.2) is 23.1 Å². The molecule has 0 unspecified atom stereocenters. The smallest absolute Gasteiger partial charge is 0.147 e. The van der Waals surface area contributed by atoms with E-state index in [0.29, 0.717) is 0 Å². The molecule has 1 aromatic rings. The first kappa shape index (κ1) is 9.82.